The molecular weight excluding hydrogens is 258 g/mol. The number of rotatable bonds is 6. The van der Waals surface area contributed by atoms with Crippen molar-refractivity contribution in [2.75, 3.05) is 13.7 Å². The van der Waals surface area contributed by atoms with Crippen molar-refractivity contribution in [3.63, 3.8) is 0 Å². The molecule has 0 bridgehead atoms. The SMILES string of the molecule is CCNC(=O)[C@H](C)OC(=O)/C=C/c1cccc(OC)c1. The Morgan fingerprint density at radius 2 is 2.15 bits per heavy atom. The summed E-state index contributed by atoms with van der Waals surface area (Å²) in [6.07, 6.45) is 2.08. The normalized spacial score (nSPS) is 11.9. The maximum absolute atomic E-state index is 11.6. The predicted molar refractivity (Wildman–Crippen MR) is 76.3 cm³/mol. The topological polar surface area (TPSA) is 64.6 Å². The summed E-state index contributed by atoms with van der Waals surface area (Å²) in [6, 6.07) is 7.25. The van der Waals surface area contributed by atoms with Crippen molar-refractivity contribution < 1.29 is 19.1 Å². The van der Waals surface area contributed by atoms with Crippen LogP contribution in [0.5, 0.6) is 5.75 Å². The Hall–Kier alpha value is -2.30. The van der Waals surface area contributed by atoms with E-state index >= 15 is 0 Å². The van der Waals surface area contributed by atoms with Gasteiger partial charge in [0.1, 0.15) is 5.75 Å². The van der Waals surface area contributed by atoms with Gasteiger partial charge in [0.2, 0.25) is 0 Å². The fraction of sp³-hybridized carbons (Fsp3) is 0.333. The molecule has 5 heteroatoms. The number of ether oxygens (including phenoxy) is 2. The molecule has 0 heterocycles. The van der Waals surface area contributed by atoms with E-state index in [-0.39, 0.29) is 5.91 Å². The Balaban J connectivity index is 2.56. The Morgan fingerprint density at radius 1 is 1.40 bits per heavy atom. The average molecular weight is 277 g/mol. The van der Waals surface area contributed by atoms with Gasteiger partial charge in [-0.3, -0.25) is 4.79 Å². The lowest BCUT2D eigenvalue weighted by molar-refractivity contribution is -0.150. The lowest BCUT2D eigenvalue weighted by Gasteiger charge is -2.10. The molecule has 0 aliphatic carbocycles. The third kappa shape index (κ3) is 5.14. The van der Waals surface area contributed by atoms with E-state index in [1.165, 1.54) is 13.0 Å². The van der Waals surface area contributed by atoms with Crippen LogP contribution in [0, 0.1) is 0 Å². The third-order valence-electron chi connectivity index (χ3n) is 2.52. The monoisotopic (exact) mass is 277 g/mol. The Labute approximate surface area is 118 Å². The third-order valence-corrected chi connectivity index (χ3v) is 2.52. The first-order valence-electron chi connectivity index (χ1n) is 6.37. The van der Waals surface area contributed by atoms with Gasteiger partial charge in [0.05, 0.1) is 7.11 Å². The van der Waals surface area contributed by atoms with E-state index in [4.69, 9.17) is 9.47 Å². The van der Waals surface area contributed by atoms with E-state index in [0.29, 0.717) is 12.3 Å². The van der Waals surface area contributed by atoms with E-state index in [1.54, 1.807) is 26.2 Å². The second-order valence-corrected chi connectivity index (χ2v) is 4.08. The number of methoxy groups -OCH3 is 1. The smallest absolute Gasteiger partial charge is 0.331 e. The maximum atomic E-state index is 11.6. The molecule has 1 rings (SSSR count). The maximum Gasteiger partial charge on any atom is 0.331 e. The summed E-state index contributed by atoms with van der Waals surface area (Å²) >= 11 is 0. The first kappa shape index (κ1) is 15.8. The van der Waals surface area contributed by atoms with Crippen LogP contribution < -0.4 is 10.1 Å². The highest BCUT2D eigenvalue weighted by Gasteiger charge is 2.14. The molecule has 0 saturated carbocycles. The molecule has 1 N–H and O–H groups in total. The molecule has 0 unspecified atom stereocenters. The highest BCUT2D eigenvalue weighted by molar-refractivity contribution is 5.90. The van der Waals surface area contributed by atoms with Crippen LogP contribution in [-0.4, -0.2) is 31.6 Å². The highest BCUT2D eigenvalue weighted by atomic mass is 16.5. The number of carbonyl (C=O) groups excluding carboxylic acids is 2. The van der Waals surface area contributed by atoms with Crippen molar-refractivity contribution >= 4 is 18.0 Å². The second-order valence-electron chi connectivity index (χ2n) is 4.08. The van der Waals surface area contributed by atoms with Gasteiger partial charge in [-0.25, -0.2) is 4.79 Å². The van der Waals surface area contributed by atoms with Crippen LogP contribution >= 0.6 is 0 Å². The minimum atomic E-state index is -0.808. The fourth-order valence-corrected chi connectivity index (χ4v) is 1.49. The zero-order valence-electron chi connectivity index (χ0n) is 11.9. The van der Waals surface area contributed by atoms with Gasteiger partial charge in [0, 0.05) is 12.6 Å². The molecule has 20 heavy (non-hydrogen) atoms. The minimum Gasteiger partial charge on any atom is -0.497 e. The fourth-order valence-electron chi connectivity index (χ4n) is 1.49. The van der Waals surface area contributed by atoms with Crippen LogP contribution in [0.4, 0.5) is 0 Å². The molecule has 1 atom stereocenters. The molecule has 0 saturated heterocycles. The van der Waals surface area contributed by atoms with Crippen molar-refractivity contribution in [3.8, 4) is 5.75 Å². The molecule has 108 valence electrons. The van der Waals surface area contributed by atoms with E-state index in [9.17, 15) is 9.59 Å². The molecule has 0 aliphatic rings. The average Bonchev–Trinajstić information content (AvgIpc) is 2.45. The van der Waals surface area contributed by atoms with Gasteiger partial charge in [0.25, 0.3) is 5.91 Å². The number of amides is 1. The molecule has 1 aromatic rings. The van der Waals surface area contributed by atoms with Gasteiger partial charge in [0.15, 0.2) is 6.10 Å². The highest BCUT2D eigenvalue weighted by Crippen LogP contribution is 2.13. The summed E-state index contributed by atoms with van der Waals surface area (Å²) in [6.45, 7) is 3.83. The second kappa shape index (κ2) is 7.99. The van der Waals surface area contributed by atoms with Crippen molar-refractivity contribution in [1.29, 1.82) is 0 Å². The predicted octanol–water partition coefficient (Wildman–Crippen LogP) is 1.78. The Kier molecular flexibility index (Phi) is 6.29. The molecular formula is C15H19NO4. The summed E-state index contributed by atoms with van der Waals surface area (Å²) in [5.41, 5.74) is 0.812. The van der Waals surface area contributed by atoms with Gasteiger partial charge in [-0.1, -0.05) is 12.1 Å². The summed E-state index contributed by atoms with van der Waals surface area (Å²) in [4.78, 5) is 23.0. The summed E-state index contributed by atoms with van der Waals surface area (Å²) < 4.78 is 10.1. The molecule has 0 fully saturated rings. The van der Waals surface area contributed by atoms with Gasteiger partial charge in [-0.15, -0.1) is 0 Å². The molecule has 0 radical (unpaired) electrons. The largest absolute Gasteiger partial charge is 0.497 e. The van der Waals surface area contributed by atoms with Gasteiger partial charge < -0.3 is 14.8 Å². The van der Waals surface area contributed by atoms with Crippen LogP contribution in [0.2, 0.25) is 0 Å². The van der Waals surface area contributed by atoms with E-state index in [2.05, 4.69) is 5.32 Å². The summed E-state index contributed by atoms with van der Waals surface area (Å²) in [7, 11) is 1.57. The standard InChI is InChI=1S/C15H19NO4/c1-4-16-15(18)11(2)20-14(17)9-8-12-6-5-7-13(10-12)19-3/h5-11H,4H2,1-3H3,(H,16,18)/b9-8+/t11-/m0/s1. The zero-order chi connectivity index (χ0) is 15.0. The van der Waals surface area contributed by atoms with E-state index in [0.717, 1.165) is 5.56 Å². The minimum absolute atomic E-state index is 0.310. The first-order chi connectivity index (χ1) is 9.56. The summed E-state index contributed by atoms with van der Waals surface area (Å²) in [5.74, 6) is -0.168. The molecule has 0 aliphatic heterocycles. The van der Waals surface area contributed by atoms with Crippen molar-refractivity contribution in [1.82, 2.24) is 5.32 Å². The molecule has 1 amide bonds. The molecule has 1 aromatic carbocycles. The van der Waals surface area contributed by atoms with Crippen LogP contribution in [0.3, 0.4) is 0 Å². The molecule has 5 nitrogen and oxygen atoms in total. The molecule has 0 aromatic heterocycles. The van der Waals surface area contributed by atoms with Crippen molar-refractivity contribution in [2.45, 2.75) is 20.0 Å². The van der Waals surface area contributed by atoms with E-state index < -0.39 is 12.1 Å². The number of esters is 1. The number of likely N-dealkylation sites (N-methyl/N-ethyl adjacent to an activating group) is 1. The van der Waals surface area contributed by atoms with Crippen molar-refractivity contribution in [3.05, 3.63) is 35.9 Å². The van der Waals surface area contributed by atoms with Crippen molar-refractivity contribution in [2.24, 2.45) is 0 Å². The number of nitrogens with one attached hydrogen (secondary N) is 1. The zero-order valence-corrected chi connectivity index (χ0v) is 11.9. The van der Waals surface area contributed by atoms with E-state index in [1.807, 2.05) is 18.2 Å². The molecule has 0 spiro atoms. The number of hydrogen-bond acceptors (Lipinski definition) is 4. The number of carbonyl (C=O) groups is 2. The number of benzene rings is 1. The van der Waals surface area contributed by atoms with Gasteiger partial charge in [-0.05, 0) is 37.6 Å². The van der Waals surface area contributed by atoms with Crippen LogP contribution in [0.1, 0.15) is 19.4 Å². The Bertz CT molecular complexity index is 496. The van der Waals surface area contributed by atoms with Gasteiger partial charge in [-0.2, -0.15) is 0 Å². The first-order valence-corrected chi connectivity index (χ1v) is 6.37. The van der Waals surface area contributed by atoms with Crippen LogP contribution in [0.25, 0.3) is 6.08 Å². The summed E-state index contributed by atoms with van der Waals surface area (Å²) in [5, 5.41) is 2.58. The lowest BCUT2D eigenvalue weighted by Crippen LogP contribution is -2.35. The quantitative estimate of drug-likeness (QED) is 0.636. The lowest BCUT2D eigenvalue weighted by atomic mass is 10.2. The van der Waals surface area contributed by atoms with Gasteiger partial charge >= 0.3 is 5.97 Å². The Morgan fingerprint density at radius 3 is 2.80 bits per heavy atom. The van der Waals surface area contributed by atoms with Crippen LogP contribution in [-0.2, 0) is 14.3 Å². The van der Waals surface area contributed by atoms with Crippen LogP contribution in [0.15, 0.2) is 30.3 Å². The number of hydrogen-bond donors (Lipinski definition) is 1.